The Balaban J connectivity index is 2.07. The van der Waals surface area contributed by atoms with Crippen LogP contribution in [0.4, 0.5) is 10.5 Å². The zero-order valence-corrected chi connectivity index (χ0v) is 15.9. The summed E-state index contributed by atoms with van der Waals surface area (Å²) in [5, 5.41) is 2.96. The lowest BCUT2D eigenvalue weighted by molar-refractivity contribution is -0.122. The normalized spacial score (nSPS) is 15.9. The highest BCUT2D eigenvalue weighted by molar-refractivity contribution is 6.39. The van der Waals surface area contributed by atoms with Gasteiger partial charge in [0.2, 0.25) is 0 Å². The molecule has 8 heteroatoms. The maximum atomic E-state index is 12.9. The van der Waals surface area contributed by atoms with Gasteiger partial charge in [0.1, 0.15) is 11.3 Å². The number of imide groups is 2. The maximum Gasteiger partial charge on any atom is 0.335 e. The van der Waals surface area contributed by atoms with Crippen molar-refractivity contribution in [3.8, 4) is 5.75 Å². The zero-order chi connectivity index (χ0) is 19.7. The molecule has 0 atom stereocenters. The third kappa shape index (κ3) is 3.67. The molecule has 0 unspecified atom stereocenters. The predicted molar refractivity (Wildman–Crippen MR) is 103 cm³/mol. The van der Waals surface area contributed by atoms with Gasteiger partial charge in [-0.25, -0.2) is 9.69 Å². The van der Waals surface area contributed by atoms with Crippen LogP contribution < -0.4 is 15.0 Å². The third-order valence-electron chi connectivity index (χ3n) is 4.01. The number of benzene rings is 2. The Bertz CT molecular complexity index is 1000. The van der Waals surface area contributed by atoms with E-state index < -0.39 is 17.8 Å². The molecule has 1 fully saturated rings. The maximum absolute atomic E-state index is 12.9. The number of nitrogens with zero attached hydrogens (tertiary/aromatic N) is 1. The fraction of sp³-hybridized carbons (Fsp3) is 0.105. The van der Waals surface area contributed by atoms with Crippen LogP contribution in [-0.4, -0.2) is 25.0 Å². The van der Waals surface area contributed by atoms with E-state index in [0.29, 0.717) is 21.4 Å². The van der Waals surface area contributed by atoms with Crippen molar-refractivity contribution in [3.05, 3.63) is 63.1 Å². The number of carbonyl (C=O) groups excluding carboxylic acids is 3. The summed E-state index contributed by atoms with van der Waals surface area (Å²) < 4.78 is 5.23. The first-order chi connectivity index (χ1) is 12.8. The van der Waals surface area contributed by atoms with Gasteiger partial charge in [0.05, 0.1) is 12.8 Å². The van der Waals surface area contributed by atoms with Crippen LogP contribution in [0.5, 0.6) is 5.75 Å². The molecule has 2 aromatic rings. The molecular formula is C19H14Cl2N2O4. The Morgan fingerprint density at radius 1 is 1.07 bits per heavy atom. The number of hydrogen-bond donors (Lipinski definition) is 1. The molecule has 0 aromatic heterocycles. The van der Waals surface area contributed by atoms with Crippen molar-refractivity contribution in [2.24, 2.45) is 0 Å². The van der Waals surface area contributed by atoms with Gasteiger partial charge in [0.15, 0.2) is 0 Å². The second kappa shape index (κ2) is 7.42. The first-order valence-electron chi connectivity index (χ1n) is 7.83. The molecule has 27 heavy (non-hydrogen) atoms. The molecule has 4 amide bonds. The molecule has 1 heterocycles. The molecule has 1 saturated heterocycles. The number of ether oxygens (including phenoxy) is 1. The van der Waals surface area contributed by atoms with Crippen LogP contribution >= 0.6 is 23.2 Å². The fourth-order valence-electron chi connectivity index (χ4n) is 2.59. The van der Waals surface area contributed by atoms with Gasteiger partial charge in [0.25, 0.3) is 11.8 Å². The zero-order valence-electron chi connectivity index (χ0n) is 14.4. The van der Waals surface area contributed by atoms with Crippen molar-refractivity contribution >= 4 is 52.8 Å². The Hall–Kier alpha value is -2.83. The van der Waals surface area contributed by atoms with E-state index in [1.165, 1.54) is 19.3 Å². The molecule has 0 saturated carbocycles. The minimum atomic E-state index is -0.847. The summed E-state index contributed by atoms with van der Waals surface area (Å²) in [4.78, 5) is 38.2. The van der Waals surface area contributed by atoms with E-state index in [1.807, 2.05) is 0 Å². The number of aryl methyl sites for hydroxylation is 1. The number of rotatable bonds is 3. The van der Waals surface area contributed by atoms with E-state index >= 15 is 0 Å². The average molecular weight is 405 g/mol. The summed E-state index contributed by atoms with van der Waals surface area (Å²) in [6.07, 6.45) is 1.33. The van der Waals surface area contributed by atoms with Crippen molar-refractivity contribution in [2.45, 2.75) is 6.92 Å². The van der Waals surface area contributed by atoms with Gasteiger partial charge >= 0.3 is 6.03 Å². The van der Waals surface area contributed by atoms with Crippen LogP contribution in [0, 0.1) is 6.92 Å². The number of amides is 4. The van der Waals surface area contributed by atoms with E-state index in [0.717, 1.165) is 10.5 Å². The van der Waals surface area contributed by atoms with Gasteiger partial charge in [-0.3, -0.25) is 14.9 Å². The lowest BCUT2D eigenvalue weighted by Gasteiger charge is -2.26. The van der Waals surface area contributed by atoms with Gasteiger partial charge < -0.3 is 4.74 Å². The number of nitrogens with one attached hydrogen (secondary N) is 1. The second-order valence-corrected chi connectivity index (χ2v) is 6.62. The van der Waals surface area contributed by atoms with Crippen molar-refractivity contribution in [2.75, 3.05) is 12.0 Å². The molecular weight excluding hydrogens is 391 g/mol. The van der Waals surface area contributed by atoms with Gasteiger partial charge in [0, 0.05) is 15.6 Å². The summed E-state index contributed by atoms with van der Waals surface area (Å²) in [6, 6.07) is 8.68. The highest BCUT2D eigenvalue weighted by Gasteiger charge is 2.37. The smallest absolute Gasteiger partial charge is 0.335 e. The topological polar surface area (TPSA) is 75.7 Å². The highest BCUT2D eigenvalue weighted by Crippen LogP contribution is 2.29. The van der Waals surface area contributed by atoms with Crippen molar-refractivity contribution in [1.29, 1.82) is 0 Å². The summed E-state index contributed by atoms with van der Waals surface area (Å²) in [5.74, 6) is -1.15. The first-order valence-corrected chi connectivity index (χ1v) is 8.58. The van der Waals surface area contributed by atoms with Crippen molar-refractivity contribution in [3.63, 3.8) is 0 Å². The molecule has 1 aliphatic rings. The molecule has 0 radical (unpaired) electrons. The van der Waals surface area contributed by atoms with Gasteiger partial charge in [-0.2, -0.15) is 0 Å². The number of methoxy groups -OCH3 is 1. The highest BCUT2D eigenvalue weighted by atomic mass is 35.5. The molecule has 6 nitrogen and oxygen atoms in total. The molecule has 138 valence electrons. The molecule has 0 aliphatic carbocycles. The van der Waals surface area contributed by atoms with Crippen LogP contribution in [0.3, 0.4) is 0 Å². The number of carbonyl (C=O) groups is 3. The third-order valence-corrected chi connectivity index (χ3v) is 4.65. The van der Waals surface area contributed by atoms with E-state index in [2.05, 4.69) is 5.32 Å². The largest absolute Gasteiger partial charge is 0.496 e. The molecule has 0 bridgehead atoms. The summed E-state index contributed by atoms with van der Waals surface area (Å²) in [6.45, 7) is 1.80. The van der Waals surface area contributed by atoms with Crippen LogP contribution in [0.15, 0.2) is 42.0 Å². The number of barbiturate groups is 1. The summed E-state index contributed by atoms with van der Waals surface area (Å²) >= 11 is 12.1. The Morgan fingerprint density at radius 3 is 2.48 bits per heavy atom. The summed E-state index contributed by atoms with van der Waals surface area (Å²) in [7, 11) is 1.46. The number of anilines is 1. The van der Waals surface area contributed by atoms with E-state index in [9.17, 15) is 14.4 Å². The van der Waals surface area contributed by atoms with Crippen molar-refractivity contribution in [1.82, 2.24) is 5.32 Å². The molecule has 2 aromatic carbocycles. The molecule has 3 rings (SSSR count). The van der Waals surface area contributed by atoms with E-state index in [1.54, 1.807) is 37.3 Å². The fourth-order valence-corrected chi connectivity index (χ4v) is 2.94. The average Bonchev–Trinajstić information content (AvgIpc) is 2.61. The minimum absolute atomic E-state index is 0.230. The Morgan fingerprint density at radius 2 is 1.81 bits per heavy atom. The van der Waals surface area contributed by atoms with Crippen LogP contribution in [0.1, 0.15) is 11.1 Å². The number of halogens is 2. The van der Waals surface area contributed by atoms with Gasteiger partial charge in [-0.1, -0.05) is 29.3 Å². The minimum Gasteiger partial charge on any atom is -0.496 e. The SMILES string of the molecule is COc1ccc(Cl)cc1/C=C1/C(=O)NC(=O)N(c2ccc(C)c(Cl)c2)C1=O. The molecule has 1 aliphatic heterocycles. The van der Waals surface area contributed by atoms with Crippen LogP contribution in [0.2, 0.25) is 10.0 Å². The Labute approximate surface area is 165 Å². The first kappa shape index (κ1) is 18.9. The quantitative estimate of drug-likeness (QED) is 0.619. The van der Waals surface area contributed by atoms with Crippen LogP contribution in [0.25, 0.3) is 6.08 Å². The monoisotopic (exact) mass is 404 g/mol. The summed E-state index contributed by atoms with van der Waals surface area (Å²) in [5.41, 5.74) is 1.25. The second-order valence-electron chi connectivity index (χ2n) is 5.78. The molecule has 1 N–H and O–H groups in total. The van der Waals surface area contributed by atoms with Gasteiger partial charge in [-0.05, 0) is 48.9 Å². The Kier molecular flexibility index (Phi) is 5.21. The van der Waals surface area contributed by atoms with Crippen molar-refractivity contribution < 1.29 is 19.1 Å². The lowest BCUT2D eigenvalue weighted by Crippen LogP contribution is -2.54. The molecule has 0 spiro atoms. The number of hydrogen-bond acceptors (Lipinski definition) is 4. The van der Waals surface area contributed by atoms with E-state index in [-0.39, 0.29) is 11.3 Å². The number of urea groups is 1. The standard InChI is InChI=1S/C19H14Cl2N2O4/c1-10-3-5-13(9-15(10)21)23-18(25)14(17(24)22-19(23)26)8-11-7-12(20)4-6-16(11)27-2/h3-9H,1-2H3,(H,22,24,26)/b14-8-. The van der Waals surface area contributed by atoms with Crippen LogP contribution in [-0.2, 0) is 9.59 Å². The van der Waals surface area contributed by atoms with Gasteiger partial charge in [-0.15, -0.1) is 0 Å². The van der Waals surface area contributed by atoms with E-state index in [4.69, 9.17) is 27.9 Å². The lowest BCUT2D eigenvalue weighted by atomic mass is 10.1. The predicted octanol–water partition coefficient (Wildman–Crippen LogP) is 3.98.